The number of hydrogen-bond acceptors (Lipinski definition) is 16. The second-order valence-corrected chi connectivity index (χ2v) is 12.8. The fourth-order valence-electron chi connectivity index (χ4n) is 5.91. The zero-order valence-electron chi connectivity index (χ0n) is 25.1. The number of amides is 4. The minimum Gasteiger partial charge on any atom is -0.477 e. The molecule has 4 aliphatic heterocycles. The van der Waals surface area contributed by atoms with E-state index >= 15 is 0 Å². The third-order valence-corrected chi connectivity index (χ3v) is 10.0. The van der Waals surface area contributed by atoms with E-state index in [1.54, 1.807) is 11.8 Å². The first-order chi connectivity index (χ1) is 23.0. The summed E-state index contributed by atoms with van der Waals surface area (Å²) in [6.07, 6.45) is 2.08. The standard InChI is InChI=1S/C27H28N8O11S2/c1-2-14-15(46-27(42)45-14)9-44-26(41)33-5-4-13(8-33)34-6-3-11(21(34)37)7-12-10-47-23-17(22(38)35(23)18(12)24(39)40)29-20(36)16(31-43)19-30-25(28)48-32-19/h7,13,17,23,43H,2-6,8-10H2,1H3,(H,29,36)(H,39,40)(H2,28,30,32)/t13-,17-,23-/m1/s1. The number of ether oxygens (including phenoxy) is 1. The first-order valence-electron chi connectivity index (χ1n) is 14.6. The molecule has 0 bridgehead atoms. The van der Waals surface area contributed by atoms with Crippen LogP contribution in [0.25, 0.3) is 0 Å². The van der Waals surface area contributed by atoms with Crippen molar-refractivity contribution in [3.05, 3.63) is 50.9 Å². The van der Waals surface area contributed by atoms with Crippen LogP contribution in [-0.4, -0.2) is 113 Å². The molecule has 4 amide bonds. The van der Waals surface area contributed by atoms with Gasteiger partial charge < -0.3 is 44.7 Å². The predicted octanol–water partition coefficient (Wildman–Crippen LogP) is -0.284. The molecule has 254 valence electrons. The Morgan fingerprint density at radius 1 is 1.21 bits per heavy atom. The third-order valence-electron chi connectivity index (χ3n) is 8.20. The molecule has 0 unspecified atom stereocenters. The van der Waals surface area contributed by atoms with Crippen LogP contribution in [0.2, 0.25) is 0 Å². The highest BCUT2D eigenvalue weighted by Gasteiger charge is 2.54. The topological polar surface area (TPSA) is 264 Å². The highest BCUT2D eigenvalue weighted by Crippen LogP contribution is 2.41. The molecule has 48 heavy (non-hydrogen) atoms. The maximum absolute atomic E-state index is 13.4. The van der Waals surface area contributed by atoms with E-state index in [-0.39, 0.29) is 58.8 Å². The summed E-state index contributed by atoms with van der Waals surface area (Å²) < 4.78 is 18.9. The van der Waals surface area contributed by atoms with Gasteiger partial charge in [0, 0.05) is 48.9 Å². The van der Waals surface area contributed by atoms with Crippen molar-refractivity contribution in [1.29, 1.82) is 0 Å². The summed E-state index contributed by atoms with van der Waals surface area (Å²) >= 11 is 1.97. The quantitative estimate of drug-likeness (QED) is 0.0859. The zero-order chi connectivity index (χ0) is 34.3. The van der Waals surface area contributed by atoms with Gasteiger partial charge in [0.1, 0.15) is 17.1 Å². The molecular formula is C27H28N8O11S2. The number of fused-ring (bicyclic) bond motifs is 1. The Morgan fingerprint density at radius 3 is 2.67 bits per heavy atom. The van der Waals surface area contributed by atoms with Crippen LogP contribution in [0.1, 0.15) is 37.1 Å². The Bertz CT molecular complexity index is 1850. The molecule has 0 radical (unpaired) electrons. The molecule has 4 aliphatic rings. The fraction of sp³-hybridized carbons (Fsp3) is 0.444. The van der Waals surface area contributed by atoms with Crippen molar-refractivity contribution in [3.63, 3.8) is 0 Å². The van der Waals surface area contributed by atoms with Crippen LogP contribution in [-0.2, 0) is 36.9 Å². The van der Waals surface area contributed by atoms with Gasteiger partial charge in [0.15, 0.2) is 23.3 Å². The van der Waals surface area contributed by atoms with Crippen molar-refractivity contribution in [2.75, 3.05) is 31.1 Å². The van der Waals surface area contributed by atoms with E-state index < -0.39 is 46.8 Å². The number of nitrogens with zero attached hydrogens (tertiary/aromatic N) is 6. The smallest absolute Gasteiger partial charge is 0.477 e. The van der Waals surface area contributed by atoms with Gasteiger partial charge in [0.2, 0.25) is 17.4 Å². The number of aryl methyl sites for hydroxylation is 1. The molecule has 2 aromatic rings. The molecule has 3 atom stereocenters. The van der Waals surface area contributed by atoms with Gasteiger partial charge >= 0.3 is 17.9 Å². The van der Waals surface area contributed by atoms with Crippen LogP contribution < -0.4 is 16.9 Å². The molecule has 6 heterocycles. The van der Waals surface area contributed by atoms with Gasteiger partial charge in [-0.25, -0.2) is 14.4 Å². The molecule has 3 saturated heterocycles. The number of nitrogens with two attached hydrogens (primary N) is 1. The SMILES string of the molecule is CCc1oc(=O)oc1COC(=O)N1CC[C@@H](N2CCC(=CC3=C(C(=O)O)N4C(=O)[C@@H](NC(=O)C(=NO)c5nsc(N)n5)[C@H]4SC3)C2=O)C1. The minimum absolute atomic E-state index is 0.0328. The number of rotatable bonds is 9. The van der Waals surface area contributed by atoms with Gasteiger partial charge in [-0.3, -0.25) is 19.3 Å². The maximum Gasteiger partial charge on any atom is 0.519 e. The number of anilines is 1. The number of β-lactam (4-membered cyclic amide) rings is 1. The normalized spacial score (nSPS) is 23.5. The summed E-state index contributed by atoms with van der Waals surface area (Å²) in [5, 5.41) is 24.0. The van der Waals surface area contributed by atoms with Crippen LogP contribution >= 0.6 is 23.3 Å². The van der Waals surface area contributed by atoms with Crippen LogP contribution in [0.3, 0.4) is 0 Å². The fourth-order valence-corrected chi connectivity index (χ4v) is 7.65. The van der Waals surface area contributed by atoms with Gasteiger partial charge in [-0.1, -0.05) is 12.1 Å². The number of nitrogens with one attached hydrogen (secondary N) is 1. The lowest BCUT2D eigenvalue weighted by Crippen LogP contribution is -2.71. The Labute approximate surface area is 278 Å². The van der Waals surface area contributed by atoms with E-state index in [1.807, 2.05) is 0 Å². The molecule has 0 spiro atoms. The average Bonchev–Trinajstić information content (AvgIpc) is 3.86. The van der Waals surface area contributed by atoms with Crippen molar-refractivity contribution < 1.29 is 47.9 Å². The Hall–Kier alpha value is -5.18. The molecule has 0 aliphatic carbocycles. The number of likely N-dealkylation sites (tertiary alicyclic amines) is 2. The first kappa shape index (κ1) is 32.7. The first-order valence-corrected chi connectivity index (χ1v) is 16.4. The zero-order valence-corrected chi connectivity index (χ0v) is 26.7. The molecular weight excluding hydrogens is 676 g/mol. The van der Waals surface area contributed by atoms with Crippen LogP contribution in [0.15, 0.2) is 41.7 Å². The highest BCUT2D eigenvalue weighted by atomic mass is 32.2. The van der Waals surface area contributed by atoms with E-state index in [4.69, 9.17) is 19.3 Å². The Kier molecular flexibility index (Phi) is 8.97. The van der Waals surface area contributed by atoms with Crippen molar-refractivity contribution in [3.8, 4) is 0 Å². The minimum atomic E-state index is -1.38. The molecule has 2 aromatic heterocycles. The van der Waals surface area contributed by atoms with Gasteiger partial charge in [-0.2, -0.15) is 9.36 Å². The molecule has 21 heteroatoms. The van der Waals surface area contributed by atoms with Crippen molar-refractivity contribution in [2.24, 2.45) is 5.16 Å². The number of nitrogen functional groups attached to an aromatic ring is 1. The number of oxime groups is 1. The van der Waals surface area contributed by atoms with Crippen molar-refractivity contribution in [2.45, 2.75) is 50.3 Å². The van der Waals surface area contributed by atoms with E-state index in [0.29, 0.717) is 43.7 Å². The van der Waals surface area contributed by atoms with Gasteiger partial charge in [0.05, 0.1) is 6.04 Å². The average molecular weight is 705 g/mol. The Balaban J connectivity index is 1.09. The lowest BCUT2D eigenvalue weighted by molar-refractivity contribution is -0.150. The van der Waals surface area contributed by atoms with Gasteiger partial charge in [-0.15, -0.1) is 11.8 Å². The van der Waals surface area contributed by atoms with Crippen LogP contribution in [0.5, 0.6) is 0 Å². The molecule has 0 saturated carbocycles. The lowest BCUT2D eigenvalue weighted by atomic mass is 10.0. The van der Waals surface area contributed by atoms with Crippen molar-refractivity contribution in [1.82, 2.24) is 29.4 Å². The van der Waals surface area contributed by atoms with Gasteiger partial charge in [-0.05, 0) is 24.5 Å². The monoisotopic (exact) mass is 704 g/mol. The summed E-state index contributed by atoms with van der Waals surface area (Å²) in [6, 6.07) is -1.41. The summed E-state index contributed by atoms with van der Waals surface area (Å²) in [5.74, 6) is -3.88. The van der Waals surface area contributed by atoms with E-state index in [0.717, 1.165) is 16.4 Å². The number of aliphatic carboxylic acids is 1. The third kappa shape index (κ3) is 6.01. The highest BCUT2D eigenvalue weighted by molar-refractivity contribution is 8.00. The molecule has 3 fully saturated rings. The number of carboxylic acids is 1. The summed E-state index contributed by atoms with van der Waals surface area (Å²) in [5.41, 5.74) is 5.30. The predicted molar refractivity (Wildman–Crippen MR) is 164 cm³/mol. The van der Waals surface area contributed by atoms with E-state index in [2.05, 4.69) is 19.8 Å². The summed E-state index contributed by atoms with van der Waals surface area (Å²) in [4.78, 5) is 83.6. The second kappa shape index (κ2) is 13.1. The van der Waals surface area contributed by atoms with Gasteiger partial charge in [0.25, 0.3) is 11.8 Å². The number of carboxylic acid groups (broad SMARTS) is 1. The number of carbonyl (C=O) groups is 5. The van der Waals surface area contributed by atoms with Crippen LogP contribution in [0, 0.1) is 0 Å². The molecule has 0 aromatic carbocycles. The number of thioether (sulfide) groups is 1. The number of hydrogen-bond donors (Lipinski definition) is 4. The molecule has 19 nitrogen and oxygen atoms in total. The van der Waals surface area contributed by atoms with E-state index in [1.165, 1.54) is 22.7 Å². The second-order valence-electron chi connectivity index (χ2n) is 11.0. The number of allylic oxidation sites excluding steroid dienone is 1. The lowest BCUT2D eigenvalue weighted by Gasteiger charge is -2.49. The molecule has 6 rings (SSSR count). The van der Waals surface area contributed by atoms with Crippen LogP contribution in [0.4, 0.5) is 9.93 Å². The largest absolute Gasteiger partial charge is 0.519 e. The summed E-state index contributed by atoms with van der Waals surface area (Å²) in [6.45, 7) is 2.41. The number of aromatic nitrogens is 2. The molecule has 5 N–H and O–H groups in total. The maximum atomic E-state index is 13.4. The summed E-state index contributed by atoms with van der Waals surface area (Å²) in [7, 11) is 0. The Morgan fingerprint density at radius 2 is 1.98 bits per heavy atom. The number of carbonyl (C=O) groups excluding carboxylic acids is 4. The van der Waals surface area contributed by atoms with E-state index in [9.17, 15) is 39.1 Å². The van der Waals surface area contributed by atoms with Crippen molar-refractivity contribution >= 4 is 63.9 Å².